The molecule has 2 heterocycles. The van der Waals surface area contributed by atoms with E-state index in [0.717, 1.165) is 31.0 Å². The van der Waals surface area contributed by atoms with Gasteiger partial charge in [0.1, 0.15) is 6.04 Å². The molecule has 0 radical (unpaired) electrons. The Labute approximate surface area is 138 Å². The van der Waals surface area contributed by atoms with E-state index in [1.54, 1.807) is 10.9 Å². The van der Waals surface area contributed by atoms with Gasteiger partial charge in [-0.3, -0.25) is 9.48 Å². The number of likely N-dealkylation sites (N-methyl/N-ethyl adjacent to an activating group) is 1. The number of nitrogens with one attached hydrogen (secondary N) is 2. The number of hydrogen-bond donors (Lipinski definition) is 2. The fourth-order valence-corrected chi connectivity index (χ4v) is 4.00. The van der Waals surface area contributed by atoms with Gasteiger partial charge in [-0.1, -0.05) is 12.8 Å². The minimum Gasteiger partial charge on any atom is -0.350 e. The van der Waals surface area contributed by atoms with E-state index in [0.29, 0.717) is 0 Å². The molecule has 6 heteroatoms. The number of aryl methyl sites for hydroxylation is 1. The van der Waals surface area contributed by atoms with Crippen LogP contribution < -0.4 is 10.6 Å². The van der Waals surface area contributed by atoms with E-state index >= 15 is 0 Å². The average molecular weight is 319 g/mol. The van der Waals surface area contributed by atoms with Gasteiger partial charge in [0.15, 0.2) is 0 Å². The topological polar surface area (TPSA) is 62.2 Å². The first-order valence-electron chi connectivity index (χ1n) is 8.84. The molecule has 0 spiro atoms. The SMILES string of the molecule is CNC(C(=O)NC1CCN(CC2CCCC2)C1)c1cnn(C)c1. The van der Waals surface area contributed by atoms with Crippen molar-refractivity contribution in [1.29, 1.82) is 0 Å². The van der Waals surface area contributed by atoms with Gasteiger partial charge in [-0.25, -0.2) is 0 Å². The third-order valence-corrected chi connectivity index (χ3v) is 5.22. The maximum absolute atomic E-state index is 12.6. The van der Waals surface area contributed by atoms with E-state index in [-0.39, 0.29) is 18.0 Å². The Morgan fingerprint density at radius 1 is 1.39 bits per heavy atom. The molecule has 2 fully saturated rings. The molecular formula is C17H29N5O. The predicted octanol–water partition coefficient (Wildman–Crippen LogP) is 1.06. The van der Waals surface area contributed by atoms with Gasteiger partial charge in [0.05, 0.1) is 6.20 Å². The number of carbonyl (C=O) groups is 1. The van der Waals surface area contributed by atoms with Crippen LogP contribution in [0.25, 0.3) is 0 Å². The Kier molecular flexibility index (Phi) is 5.33. The smallest absolute Gasteiger partial charge is 0.242 e. The van der Waals surface area contributed by atoms with E-state index in [4.69, 9.17) is 0 Å². The molecule has 2 N–H and O–H groups in total. The summed E-state index contributed by atoms with van der Waals surface area (Å²) >= 11 is 0. The highest BCUT2D eigenvalue weighted by molar-refractivity contribution is 5.83. The molecule has 128 valence electrons. The van der Waals surface area contributed by atoms with Gasteiger partial charge in [-0.15, -0.1) is 0 Å². The molecule has 2 aliphatic rings. The second-order valence-electron chi connectivity index (χ2n) is 7.07. The number of aromatic nitrogens is 2. The second-order valence-corrected chi connectivity index (χ2v) is 7.07. The summed E-state index contributed by atoms with van der Waals surface area (Å²) < 4.78 is 1.73. The largest absolute Gasteiger partial charge is 0.350 e. The molecule has 1 amide bonds. The van der Waals surface area contributed by atoms with Crippen molar-refractivity contribution in [3.63, 3.8) is 0 Å². The van der Waals surface area contributed by atoms with Crippen molar-refractivity contribution in [3.05, 3.63) is 18.0 Å². The van der Waals surface area contributed by atoms with Gasteiger partial charge in [0.25, 0.3) is 0 Å². The van der Waals surface area contributed by atoms with Gasteiger partial charge in [0, 0.05) is 44.5 Å². The molecule has 0 aromatic carbocycles. The molecule has 1 saturated heterocycles. The van der Waals surface area contributed by atoms with Crippen LogP contribution >= 0.6 is 0 Å². The molecule has 1 aromatic rings. The molecule has 2 atom stereocenters. The summed E-state index contributed by atoms with van der Waals surface area (Å²) in [5.74, 6) is 0.929. The molecular weight excluding hydrogens is 290 g/mol. The summed E-state index contributed by atoms with van der Waals surface area (Å²) in [6.07, 6.45) is 10.3. The molecule has 1 aliphatic carbocycles. The molecule has 3 rings (SSSR count). The van der Waals surface area contributed by atoms with Gasteiger partial charge in [-0.2, -0.15) is 5.10 Å². The average Bonchev–Trinajstić information content (AvgIpc) is 3.24. The van der Waals surface area contributed by atoms with Crippen molar-refractivity contribution >= 4 is 5.91 Å². The highest BCUT2D eigenvalue weighted by Gasteiger charge is 2.29. The summed E-state index contributed by atoms with van der Waals surface area (Å²) in [6, 6.07) is -0.0518. The normalized spacial score (nSPS) is 24.2. The predicted molar refractivity (Wildman–Crippen MR) is 90.0 cm³/mol. The number of likely N-dealkylation sites (tertiary alicyclic amines) is 1. The fourth-order valence-electron chi connectivity index (χ4n) is 4.00. The van der Waals surface area contributed by atoms with E-state index in [1.165, 1.54) is 32.2 Å². The van der Waals surface area contributed by atoms with Crippen LogP contribution in [0.3, 0.4) is 0 Å². The van der Waals surface area contributed by atoms with Gasteiger partial charge < -0.3 is 15.5 Å². The fraction of sp³-hybridized carbons (Fsp3) is 0.765. The summed E-state index contributed by atoms with van der Waals surface area (Å²) in [5.41, 5.74) is 0.910. The summed E-state index contributed by atoms with van der Waals surface area (Å²) in [5, 5.41) is 10.5. The Bertz CT molecular complexity index is 523. The summed E-state index contributed by atoms with van der Waals surface area (Å²) in [7, 11) is 3.68. The standard InChI is InChI=1S/C17H29N5O/c1-18-16(14-9-19-21(2)11-14)17(23)20-15-7-8-22(12-15)10-13-5-3-4-6-13/h9,11,13,15-16,18H,3-8,10,12H2,1-2H3,(H,20,23). The molecule has 1 aliphatic heterocycles. The first kappa shape index (κ1) is 16.5. The zero-order valence-electron chi connectivity index (χ0n) is 14.3. The Morgan fingerprint density at radius 2 is 2.17 bits per heavy atom. The number of rotatable bonds is 6. The van der Waals surface area contributed by atoms with Crippen LogP contribution in [-0.2, 0) is 11.8 Å². The molecule has 1 saturated carbocycles. The van der Waals surface area contributed by atoms with E-state index in [9.17, 15) is 4.79 Å². The Hall–Kier alpha value is -1.40. The Morgan fingerprint density at radius 3 is 2.83 bits per heavy atom. The third kappa shape index (κ3) is 4.12. The minimum atomic E-state index is -0.326. The van der Waals surface area contributed by atoms with Crippen LogP contribution in [-0.4, -0.2) is 53.3 Å². The van der Waals surface area contributed by atoms with Crippen LogP contribution in [0, 0.1) is 5.92 Å². The maximum Gasteiger partial charge on any atom is 0.242 e. The van der Waals surface area contributed by atoms with Crippen molar-refractivity contribution < 1.29 is 4.79 Å². The highest BCUT2D eigenvalue weighted by atomic mass is 16.2. The van der Waals surface area contributed by atoms with E-state index in [1.807, 2.05) is 20.3 Å². The minimum absolute atomic E-state index is 0.0493. The van der Waals surface area contributed by atoms with Crippen molar-refractivity contribution in [2.24, 2.45) is 13.0 Å². The number of carbonyl (C=O) groups excluding carboxylic acids is 1. The molecule has 2 unspecified atom stereocenters. The highest BCUT2D eigenvalue weighted by Crippen LogP contribution is 2.26. The molecule has 6 nitrogen and oxygen atoms in total. The number of hydrogen-bond acceptors (Lipinski definition) is 4. The number of amides is 1. The van der Waals surface area contributed by atoms with Crippen LogP contribution in [0.2, 0.25) is 0 Å². The second kappa shape index (κ2) is 7.45. The third-order valence-electron chi connectivity index (χ3n) is 5.22. The lowest BCUT2D eigenvalue weighted by atomic mass is 10.1. The van der Waals surface area contributed by atoms with Crippen LogP contribution in [0.5, 0.6) is 0 Å². The van der Waals surface area contributed by atoms with E-state index in [2.05, 4.69) is 20.6 Å². The van der Waals surface area contributed by atoms with Crippen molar-refractivity contribution in [2.45, 2.75) is 44.2 Å². The first-order chi connectivity index (χ1) is 11.2. The Balaban J connectivity index is 1.49. The van der Waals surface area contributed by atoms with Crippen molar-refractivity contribution in [1.82, 2.24) is 25.3 Å². The molecule has 0 bridgehead atoms. The molecule has 23 heavy (non-hydrogen) atoms. The quantitative estimate of drug-likeness (QED) is 0.823. The zero-order chi connectivity index (χ0) is 16.2. The monoisotopic (exact) mass is 319 g/mol. The first-order valence-corrected chi connectivity index (χ1v) is 8.84. The lowest BCUT2D eigenvalue weighted by Gasteiger charge is -2.21. The van der Waals surface area contributed by atoms with Gasteiger partial charge in [-0.05, 0) is 32.2 Å². The maximum atomic E-state index is 12.6. The lowest BCUT2D eigenvalue weighted by Crippen LogP contribution is -2.43. The van der Waals surface area contributed by atoms with E-state index < -0.39 is 0 Å². The van der Waals surface area contributed by atoms with Gasteiger partial charge in [0.2, 0.25) is 5.91 Å². The summed E-state index contributed by atoms with van der Waals surface area (Å²) in [6.45, 7) is 3.31. The molecule has 1 aromatic heterocycles. The lowest BCUT2D eigenvalue weighted by molar-refractivity contribution is -0.123. The van der Waals surface area contributed by atoms with Crippen LogP contribution in [0.4, 0.5) is 0 Å². The zero-order valence-corrected chi connectivity index (χ0v) is 14.3. The van der Waals surface area contributed by atoms with Crippen molar-refractivity contribution in [2.75, 3.05) is 26.7 Å². The van der Waals surface area contributed by atoms with Crippen molar-refractivity contribution in [3.8, 4) is 0 Å². The number of nitrogens with zero attached hydrogens (tertiary/aromatic N) is 3. The van der Waals surface area contributed by atoms with Crippen LogP contribution in [0.1, 0.15) is 43.7 Å². The van der Waals surface area contributed by atoms with Gasteiger partial charge >= 0.3 is 0 Å². The summed E-state index contributed by atoms with van der Waals surface area (Å²) in [4.78, 5) is 15.1. The van der Waals surface area contributed by atoms with Crippen LogP contribution in [0.15, 0.2) is 12.4 Å².